The molecule has 104 valence electrons. The van der Waals surface area contributed by atoms with Crippen LogP contribution in [0.5, 0.6) is 0 Å². The predicted octanol–water partition coefficient (Wildman–Crippen LogP) is 2.98. The molecule has 1 heterocycles. The minimum Gasteiger partial charge on any atom is -0.475 e. The second kappa shape index (κ2) is 5.92. The summed E-state index contributed by atoms with van der Waals surface area (Å²) in [6.07, 6.45) is 0. The van der Waals surface area contributed by atoms with Gasteiger partial charge >= 0.3 is 5.97 Å². The minimum atomic E-state index is -1.14. The summed E-state index contributed by atoms with van der Waals surface area (Å²) < 4.78 is 5.76. The third kappa shape index (κ3) is 3.27. The lowest BCUT2D eigenvalue weighted by molar-refractivity contribution is 0.0660. The third-order valence-corrected chi connectivity index (χ3v) is 3.32. The maximum absolute atomic E-state index is 12.0. The number of halogens is 1. The highest BCUT2D eigenvalue weighted by atomic mass is 79.9. The van der Waals surface area contributed by atoms with Crippen LogP contribution in [-0.4, -0.2) is 17.0 Å². The van der Waals surface area contributed by atoms with Crippen molar-refractivity contribution in [1.29, 1.82) is 0 Å². The molecule has 1 amide bonds. The number of carbonyl (C=O) groups is 2. The molecule has 1 aromatic carbocycles. The summed E-state index contributed by atoms with van der Waals surface area (Å²) >= 11 is 3.34. The van der Waals surface area contributed by atoms with E-state index >= 15 is 0 Å². The van der Waals surface area contributed by atoms with Gasteiger partial charge in [-0.15, -0.1) is 0 Å². The maximum Gasteiger partial charge on any atom is 0.371 e. The summed E-state index contributed by atoms with van der Waals surface area (Å²) in [5.41, 5.74) is 1.56. The van der Waals surface area contributed by atoms with Crippen LogP contribution in [0, 0.1) is 6.92 Å². The molecule has 0 unspecified atom stereocenters. The Morgan fingerprint density at radius 3 is 2.65 bits per heavy atom. The van der Waals surface area contributed by atoms with E-state index < -0.39 is 5.97 Å². The van der Waals surface area contributed by atoms with Crippen LogP contribution in [0.15, 0.2) is 39.2 Å². The van der Waals surface area contributed by atoms with Crippen molar-refractivity contribution in [2.75, 3.05) is 0 Å². The molecule has 2 aromatic rings. The summed E-state index contributed by atoms with van der Waals surface area (Å²) in [5, 5.41) is 11.4. The van der Waals surface area contributed by atoms with Crippen LogP contribution in [-0.2, 0) is 6.54 Å². The van der Waals surface area contributed by atoms with Gasteiger partial charge in [0.05, 0.1) is 12.1 Å². The molecule has 0 fully saturated rings. The number of furan rings is 1. The average molecular weight is 338 g/mol. The molecule has 0 aliphatic carbocycles. The van der Waals surface area contributed by atoms with Crippen LogP contribution in [0.25, 0.3) is 0 Å². The average Bonchev–Trinajstić information content (AvgIpc) is 2.85. The number of aromatic carboxylic acids is 1. The van der Waals surface area contributed by atoms with Crippen LogP contribution in [0.2, 0.25) is 0 Å². The highest BCUT2D eigenvalue weighted by Crippen LogP contribution is 2.18. The van der Waals surface area contributed by atoms with Crippen LogP contribution in [0.3, 0.4) is 0 Å². The number of aryl methyl sites for hydroxylation is 1. The molecule has 0 radical (unpaired) electrons. The largest absolute Gasteiger partial charge is 0.475 e. The number of hydrogen-bond donors (Lipinski definition) is 2. The lowest BCUT2D eigenvalue weighted by Crippen LogP contribution is -2.22. The number of hydrogen-bond acceptors (Lipinski definition) is 3. The monoisotopic (exact) mass is 337 g/mol. The highest BCUT2D eigenvalue weighted by Gasteiger charge is 2.12. The van der Waals surface area contributed by atoms with Gasteiger partial charge < -0.3 is 14.8 Å². The minimum absolute atomic E-state index is 0.131. The predicted molar refractivity (Wildman–Crippen MR) is 75.7 cm³/mol. The van der Waals surface area contributed by atoms with Crippen LogP contribution in [0.4, 0.5) is 0 Å². The summed E-state index contributed by atoms with van der Waals surface area (Å²) in [6, 6.07) is 8.29. The van der Waals surface area contributed by atoms with Crippen LogP contribution < -0.4 is 5.32 Å². The fourth-order valence-corrected chi connectivity index (χ4v) is 2.33. The van der Waals surface area contributed by atoms with E-state index in [2.05, 4.69) is 21.2 Å². The van der Waals surface area contributed by atoms with Gasteiger partial charge in [0.25, 0.3) is 5.91 Å². The molecule has 0 aliphatic rings. The van der Waals surface area contributed by atoms with E-state index in [1.54, 1.807) is 6.07 Å². The zero-order valence-electron chi connectivity index (χ0n) is 10.6. The Hall–Kier alpha value is -2.08. The van der Waals surface area contributed by atoms with Gasteiger partial charge in [-0.05, 0) is 52.7 Å². The first kappa shape index (κ1) is 14.3. The van der Waals surface area contributed by atoms with E-state index in [1.807, 2.05) is 19.1 Å². The Labute approximate surface area is 123 Å². The van der Waals surface area contributed by atoms with Gasteiger partial charge in [0.2, 0.25) is 5.76 Å². The number of benzene rings is 1. The number of carboxylic acids is 1. The highest BCUT2D eigenvalue weighted by molar-refractivity contribution is 9.10. The number of nitrogens with one attached hydrogen (secondary N) is 1. The molecule has 0 atom stereocenters. The van der Waals surface area contributed by atoms with Crippen molar-refractivity contribution < 1.29 is 19.1 Å². The van der Waals surface area contributed by atoms with Crippen molar-refractivity contribution in [3.8, 4) is 0 Å². The van der Waals surface area contributed by atoms with E-state index in [0.717, 1.165) is 5.56 Å². The fraction of sp³-hybridized carbons (Fsp3) is 0.143. The number of rotatable bonds is 4. The molecule has 0 spiro atoms. The van der Waals surface area contributed by atoms with Crippen molar-refractivity contribution in [3.05, 3.63) is 57.5 Å². The molecular formula is C14H12BrNO4. The van der Waals surface area contributed by atoms with E-state index in [-0.39, 0.29) is 18.2 Å². The fourth-order valence-electron chi connectivity index (χ4n) is 1.65. The summed E-state index contributed by atoms with van der Waals surface area (Å²) in [7, 11) is 0. The summed E-state index contributed by atoms with van der Waals surface area (Å²) in [6.45, 7) is 2.06. The summed E-state index contributed by atoms with van der Waals surface area (Å²) in [5.74, 6) is -1.15. The topological polar surface area (TPSA) is 79.5 Å². The molecule has 2 rings (SSSR count). The zero-order valence-corrected chi connectivity index (χ0v) is 12.2. The van der Waals surface area contributed by atoms with Crippen LogP contribution in [0.1, 0.15) is 32.2 Å². The SMILES string of the molecule is Cc1ccc(C(=O)NCc2ccc(C(=O)O)o2)c(Br)c1. The van der Waals surface area contributed by atoms with E-state index in [9.17, 15) is 9.59 Å². The molecule has 0 saturated carbocycles. The van der Waals surface area contributed by atoms with Crippen molar-refractivity contribution in [1.82, 2.24) is 5.32 Å². The lowest BCUT2D eigenvalue weighted by Gasteiger charge is -2.06. The van der Waals surface area contributed by atoms with Gasteiger partial charge in [0.15, 0.2) is 0 Å². The van der Waals surface area contributed by atoms with Gasteiger partial charge in [0, 0.05) is 4.47 Å². The van der Waals surface area contributed by atoms with E-state index in [1.165, 1.54) is 12.1 Å². The van der Waals surface area contributed by atoms with Crippen LogP contribution >= 0.6 is 15.9 Å². The molecular weight excluding hydrogens is 326 g/mol. The first-order valence-electron chi connectivity index (χ1n) is 5.83. The second-order valence-corrected chi connectivity index (χ2v) is 5.09. The number of carboxylic acid groups (broad SMARTS) is 1. The van der Waals surface area contributed by atoms with E-state index in [4.69, 9.17) is 9.52 Å². The van der Waals surface area contributed by atoms with E-state index in [0.29, 0.717) is 15.8 Å². The first-order chi connectivity index (χ1) is 9.47. The standard InChI is InChI=1S/C14H12BrNO4/c1-8-2-4-10(11(15)6-8)13(17)16-7-9-3-5-12(20-9)14(18)19/h2-6H,7H2,1H3,(H,16,17)(H,18,19). The van der Waals surface area contributed by atoms with Crippen molar-refractivity contribution in [3.63, 3.8) is 0 Å². The van der Waals surface area contributed by atoms with Gasteiger partial charge in [0.1, 0.15) is 5.76 Å². The molecule has 0 aliphatic heterocycles. The quantitative estimate of drug-likeness (QED) is 0.898. The Morgan fingerprint density at radius 1 is 1.30 bits per heavy atom. The molecule has 6 heteroatoms. The van der Waals surface area contributed by atoms with Gasteiger partial charge in [-0.25, -0.2) is 4.79 Å². The molecule has 2 N–H and O–H groups in total. The van der Waals surface area contributed by atoms with Gasteiger partial charge in [-0.2, -0.15) is 0 Å². The zero-order chi connectivity index (χ0) is 14.7. The van der Waals surface area contributed by atoms with Gasteiger partial charge in [-0.3, -0.25) is 4.79 Å². The Balaban J connectivity index is 2.02. The summed E-state index contributed by atoms with van der Waals surface area (Å²) in [4.78, 5) is 22.7. The second-order valence-electron chi connectivity index (χ2n) is 4.24. The first-order valence-corrected chi connectivity index (χ1v) is 6.63. The maximum atomic E-state index is 12.0. The smallest absolute Gasteiger partial charge is 0.371 e. The molecule has 5 nitrogen and oxygen atoms in total. The molecule has 1 aromatic heterocycles. The van der Waals surface area contributed by atoms with Crippen molar-refractivity contribution >= 4 is 27.8 Å². The van der Waals surface area contributed by atoms with Gasteiger partial charge in [-0.1, -0.05) is 6.07 Å². The van der Waals surface area contributed by atoms with Crippen molar-refractivity contribution in [2.24, 2.45) is 0 Å². The Bertz CT molecular complexity index is 663. The normalized spacial score (nSPS) is 10.3. The Kier molecular flexibility index (Phi) is 4.24. The number of carbonyl (C=O) groups excluding carboxylic acids is 1. The lowest BCUT2D eigenvalue weighted by atomic mass is 10.1. The molecule has 0 saturated heterocycles. The molecule has 0 bridgehead atoms. The Morgan fingerprint density at radius 2 is 2.05 bits per heavy atom. The number of amides is 1. The van der Waals surface area contributed by atoms with Crippen molar-refractivity contribution in [2.45, 2.75) is 13.5 Å². The third-order valence-electron chi connectivity index (χ3n) is 2.66. The molecule has 20 heavy (non-hydrogen) atoms.